The van der Waals surface area contributed by atoms with Crippen LogP contribution in [0.5, 0.6) is 0 Å². The molecule has 110 valence electrons. The van der Waals surface area contributed by atoms with Crippen molar-refractivity contribution in [2.24, 2.45) is 0 Å². The predicted octanol–water partition coefficient (Wildman–Crippen LogP) is 1.52. The van der Waals surface area contributed by atoms with Crippen LogP contribution in [-0.2, 0) is 11.2 Å². The van der Waals surface area contributed by atoms with Gasteiger partial charge in [0, 0.05) is 31.4 Å². The van der Waals surface area contributed by atoms with E-state index in [0.29, 0.717) is 5.56 Å². The Hall–Kier alpha value is -1.98. The number of benzene rings is 1. The van der Waals surface area contributed by atoms with Gasteiger partial charge >= 0.3 is 0 Å². The number of carbonyl (C=O) groups excluding carboxylic acids is 1. The second-order valence-corrected chi connectivity index (χ2v) is 5.18. The van der Waals surface area contributed by atoms with Crippen LogP contribution < -0.4 is 0 Å². The number of morpholine rings is 1. The topological polar surface area (TPSA) is 58.2 Å². The number of nitrogens with zero attached hydrogens (tertiary/aromatic N) is 2. The Morgan fingerprint density at radius 1 is 1.29 bits per heavy atom. The van der Waals surface area contributed by atoms with Crippen LogP contribution in [0.3, 0.4) is 0 Å². The van der Waals surface area contributed by atoms with E-state index < -0.39 is 0 Å². The first-order valence-electron chi connectivity index (χ1n) is 7.26. The molecule has 1 aliphatic rings. The fourth-order valence-corrected chi connectivity index (χ4v) is 2.59. The van der Waals surface area contributed by atoms with Crippen LogP contribution in [0.4, 0.5) is 0 Å². The summed E-state index contributed by atoms with van der Waals surface area (Å²) in [5.41, 5.74) is 2.47. The van der Waals surface area contributed by atoms with Crippen molar-refractivity contribution >= 4 is 5.78 Å². The van der Waals surface area contributed by atoms with E-state index >= 15 is 0 Å². The normalized spacial score (nSPS) is 16.0. The summed E-state index contributed by atoms with van der Waals surface area (Å²) < 4.78 is 5.36. The van der Waals surface area contributed by atoms with E-state index in [2.05, 4.69) is 15.1 Å². The molecule has 0 bridgehead atoms. The van der Waals surface area contributed by atoms with Gasteiger partial charge in [-0.2, -0.15) is 5.10 Å². The lowest BCUT2D eigenvalue weighted by Crippen LogP contribution is -2.37. The number of rotatable bonds is 5. The fourth-order valence-electron chi connectivity index (χ4n) is 2.59. The summed E-state index contributed by atoms with van der Waals surface area (Å²) >= 11 is 0. The van der Waals surface area contributed by atoms with Crippen molar-refractivity contribution < 1.29 is 9.53 Å². The lowest BCUT2D eigenvalue weighted by molar-refractivity contribution is 0.0384. The minimum atomic E-state index is 0.0290. The summed E-state index contributed by atoms with van der Waals surface area (Å²) in [5.74, 6) is 0.0290. The number of carbonyl (C=O) groups is 1. The molecule has 1 saturated heterocycles. The second-order valence-electron chi connectivity index (χ2n) is 5.18. The Bertz CT molecular complexity index is 589. The maximum atomic E-state index is 12.5. The van der Waals surface area contributed by atoms with Crippen LogP contribution in [0.15, 0.2) is 36.7 Å². The van der Waals surface area contributed by atoms with Crippen LogP contribution in [-0.4, -0.2) is 53.7 Å². The van der Waals surface area contributed by atoms with Crippen LogP contribution in [0.2, 0.25) is 0 Å². The van der Waals surface area contributed by atoms with Crippen LogP contribution in [0.1, 0.15) is 21.5 Å². The number of ether oxygens (including phenoxy) is 1. The van der Waals surface area contributed by atoms with Gasteiger partial charge in [-0.1, -0.05) is 24.3 Å². The van der Waals surface area contributed by atoms with Crippen molar-refractivity contribution in [1.82, 2.24) is 15.1 Å². The Kier molecular flexibility index (Phi) is 4.43. The molecule has 2 aromatic rings. The SMILES string of the molecule is O=C(c1cn[nH]c1)c1ccccc1CCN1CCOCC1. The Labute approximate surface area is 123 Å². The zero-order valence-corrected chi connectivity index (χ0v) is 11.9. The summed E-state index contributed by atoms with van der Waals surface area (Å²) in [6.07, 6.45) is 4.09. The summed E-state index contributed by atoms with van der Waals surface area (Å²) in [5, 5.41) is 6.54. The molecule has 0 atom stereocenters. The molecule has 1 aliphatic heterocycles. The molecule has 0 saturated carbocycles. The molecular weight excluding hydrogens is 266 g/mol. The third-order valence-electron chi connectivity index (χ3n) is 3.82. The number of H-pyrrole nitrogens is 1. The van der Waals surface area contributed by atoms with Crippen molar-refractivity contribution in [2.45, 2.75) is 6.42 Å². The molecule has 1 N–H and O–H groups in total. The van der Waals surface area contributed by atoms with Crippen molar-refractivity contribution in [3.05, 3.63) is 53.3 Å². The van der Waals surface area contributed by atoms with E-state index in [0.717, 1.165) is 50.4 Å². The molecular formula is C16H19N3O2. The first-order valence-corrected chi connectivity index (χ1v) is 7.26. The maximum absolute atomic E-state index is 12.5. The van der Waals surface area contributed by atoms with Crippen molar-refractivity contribution in [2.75, 3.05) is 32.8 Å². The highest BCUT2D eigenvalue weighted by molar-refractivity contribution is 6.09. The van der Waals surface area contributed by atoms with Gasteiger partial charge in [-0.25, -0.2) is 0 Å². The lowest BCUT2D eigenvalue weighted by Gasteiger charge is -2.26. The molecule has 1 fully saturated rings. The van der Waals surface area contributed by atoms with Crippen molar-refractivity contribution in [3.8, 4) is 0 Å². The molecule has 0 spiro atoms. The highest BCUT2D eigenvalue weighted by Crippen LogP contribution is 2.15. The number of ketones is 1. The molecule has 0 amide bonds. The summed E-state index contributed by atoms with van der Waals surface area (Å²) in [7, 11) is 0. The molecule has 1 aromatic heterocycles. The molecule has 5 nitrogen and oxygen atoms in total. The van der Waals surface area contributed by atoms with Gasteiger partial charge < -0.3 is 4.74 Å². The molecule has 21 heavy (non-hydrogen) atoms. The summed E-state index contributed by atoms with van der Waals surface area (Å²) in [6, 6.07) is 7.82. The van der Waals surface area contributed by atoms with Crippen molar-refractivity contribution in [1.29, 1.82) is 0 Å². The van der Waals surface area contributed by atoms with Gasteiger partial charge in [0.15, 0.2) is 5.78 Å². The first kappa shape index (κ1) is 14.0. The standard InChI is InChI=1S/C16H19N3O2/c20-16(14-11-17-18-12-14)15-4-2-1-3-13(15)5-6-19-7-9-21-10-8-19/h1-4,11-12H,5-10H2,(H,17,18). The van der Waals surface area contributed by atoms with E-state index in [1.807, 2.05) is 24.3 Å². The zero-order valence-electron chi connectivity index (χ0n) is 11.9. The van der Waals surface area contributed by atoms with E-state index in [1.54, 1.807) is 12.4 Å². The highest BCUT2D eigenvalue weighted by atomic mass is 16.5. The van der Waals surface area contributed by atoms with Gasteiger partial charge in [-0.05, 0) is 12.0 Å². The zero-order chi connectivity index (χ0) is 14.5. The average Bonchev–Trinajstić information content (AvgIpc) is 3.08. The molecule has 3 rings (SSSR count). The quantitative estimate of drug-likeness (QED) is 0.846. The largest absolute Gasteiger partial charge is 0.379 e. The second kappa shape index (κ2) is 6.65. The monoisotopic (exact) mass is 285 g/mol. The summed E-state index contributed by atoms with van der Waals surface area (Å²) in [6.45, 7) is 4.50. The number of nitrogens with one attached hydrogen (secondary N) is 1. The van der Waals surface area contributed by atoms with Crippen molar-refractivity contribution in [3.63, 3.8) is 0 Å². The number of aromatic amines is 1. The third-order valence-corrected chi connectivity index (χ3v) is 3.82. The number of hydrogen-bond donors (Lipinski definition) is 1. The lowest BCUT2D eigenvalue weighted by atomic mass is 9.98. The summed E-state index contributed by atoms with van der Waals surface area (Å²) in [4.78, 5) is 14.9. The molecule has 0 aliphatic carbocycles. The van der Waals surface area contributed by atoms with E-state index in [4.69, 9.17) is 4.74 Å². The van der Waals surface area contributed by atoms with Gasteiger partial charge in [0.05, 0.1) is 25.0 Å². The fraction of sp³-hybridized carbons (Fsp3) is 0.375. The minimum Gasteiger partial charge on any atom is -0.379 e. The van der Waals surface area contributed by atoms with Crippen LogP contribution in [0, 0.1) is 0 Å². The molecule has 2 heterocycles. The van der Waals surface area contributed by atoms with Gasteiger partial charge in [-0.15, -0.1) is 0 Å². The van der Waals surface area contributed by atoms with Crippen LogP contribution >= 0.6 is 0 Å². The molecule has 0 unspecified atom stereocenters. The maximum Gasteiger partial charge on any atom is 0.196 e. The van der Waals surface area contributed by atoms with E-state index in [-0.39, 0.29) is 5.78 Å². The van der Waals surface area contributed by atoms with Gasteiger partial charge in [0.2, 0.25) is 0 Å². The van der Waals surface area contributed by atoms with Gasteiger partial charge in [0.25, 0.3) is 0 Å². The highest BCUT2D eigenvalue weighted by Gasteiger charge is 2.15. The number of hydrogen-bond acceptors (Lipinski definition) is 4. The van der Waals surface area contributed by atoms with E-state index in [1.165, 1.54) is 0 Å². The van der Waals surface area contributed by atoms with Crippen LogP contribution in [0.25, 0.3) is 0 Å². The first-order chi connectivity index (χ1) is 10.3. The molecule has 0 radical (unpaired) electrons. The Morgan fingerprint density at radius 3 is 2.86 bits per heavy atom. The minimum absolute atomic E-state index is 0.0290. The molecule has 1 aromatic carbocycles. The van der Waals surface area contributed by atoms with Gasteiger partial charge in [-0.3, -0.25) is 14.8 Å². The van der Waals surface area contributed by atoms with E-state index in [9.17, 15) is 4.79 Å². The average molecular weight is 285 g/mol. The predicted molar refractivity (Wildman–Crippen MR) is 79.4 cm³/mol. The Balaban J connectivity index is 1.71. The van der Waals surface area contributed by atoms with Gasteiger partial charge in [0.1, 0.15) is 0 Å². The molecule has 5 heteroatoms. The Morgan fingerprint density at radius 2 is 2.10 bits per heavy atom. The number of aromatic nitrogens is 2. The smallest absolute Gasteiger partial charge is 0.196 e. The third kappa shape index (κ3) is 3.37.